The molecule has 136 valence electrons. The number of nitrogens with zero attached hydrogens (tertiary/aromatic N) is 1. The van der Waals surface area contributed by atoms with E-state index >= 15 is 0 Å². The quantitative estimate of drug-likeness (QED) is 0.847. The summed E-state index contributed by atoms with van der Waals surface area (Å²) in [4.78, 5) is 13.6. The summed E-state index contributed by atoms with van der Waals surface area (Å²) in [5, 5.41) is 2.81. The summed E-state index contributed by atoms with van der Waals surface area (Å²) in [6.07, 6.45) is -2.84. The molecule has 2 amide bonds. The van der Waals surface area contributed by atoms with Gasteiger partial charge in [0.25, 0.3) is 0 Å². The molecule has 1 aromatic heterocycles. The Morgan fingerprint density at radius 3 is 2.52 bits per heavy atom. The number of halogens is 3. The Labute approximate surface area is 143 Å². The molecule has 8 heteroatoms. The summed E-state index contributed by atoms with van der Waals surface area (Å²) >= 11 is 0. The number of furan rings is 1. The van der Waals surface area contributed by atoms with Gasteiger partial charge in [-0.25, -0.2) is 4.79 Å². The zero-order chi connectivity index (χ0) is 18.4. The summed E-state index contributed by atoms with van der Waals surface area (Å²) in [6.45, 7) is 0.774. The normalized spacial score (nSPS) is 12.5. The minimum absolute atomic E-state index is 0.120. The molecular formula is C17H19F3N2O3. The van der Waals surface area contributed by atoms with Crippen LogP contribution in [-0.2, 0) is 6.54 Å². The minimum Gasteiger partial charge on any atom is -0.484 e. The van der Waals surface area contributed by atoms with Crippen molar-refractivity contribution in [2.24, 2.45) is 0 Å². The SMILES string of the molecule is CC(NC(=O)N(C)Cc1ccco1)c1ccc(OCC(F)(F)F)cc1. The predicted octanol–water partition coefficient (Wildman–Crippen LogP) is 4.12. The highest BCUT2D eigenvalue weighted by Gasteiger charge is 2.28. The molecule has 0 spiro atoms. The Bertz CT molecular complexity index is 669. The zero-order valence-corrected chi connectivity index (χ0v) is 13.8. The predicted molar refractivity (Wildman–Crippen MR) is 85.1 cm³/mol. The van der Waals surface area contributed by atoms with Crippen LogP contribution in [0.5, 0.6) is 5.75 Å². The average molecular weight is 356 g/mol. The van der Waals surface area contributed by atoms with Crippen molar-refractivity contribution in [1.82, 2.24) is 10.2 Å². The fourth-order valence-electron chi connectivity index (χ4n) is 2.10. The number of urea groups is 1. The van der Waals surface area contributed by atoms with Crippen LogP contribution in [0.15, 0.2) is 47.1 Å². The van der Waals surface area contributed by atoms with Gasteiger partial charge in [-0.2, -0.15) is 13.2 Å². The van der Waals surface area contributed by atoms with Crippen molar-refractivity contribution >= 4 is 6.03 Å². The van der Waals surface area contributed by atoms with Gasteiger partial charge in [0.2, 0.25) is 0 Å². The summed E-state index contributed by atoms with van der Waals surface area (Å²) in [6, 6.07) is 9.02. The first-order chi connectivity index (χ1) is 11.7. The fraction of sp³-hybridized carbons (Fsp3) is 0.353. The van der Waals surface area contributed by atoms with Gasteiger partial charge in [-0.3, -0.25) is 0 Å². The van der Waals surface area contributed by atoms with Crippen LogP contribution < -0.4 is 10.1 Å². The van der Waals surface area contributed by atoms with Crippen molar-refractivity contribution in [1.29, 1.82) is 0 Å². The molecule has 0 radical (unpaired) electrons. The second-order valence-electron chi connectivity index (χ2n) is 5.58. The van der Waals surface area contributed by atoms with Gasteiger partial charge in [0.1, 0.15) is 11.5 Å². The topological polar surface area (TPSA) is 54.7 Å². The van der Waals surface area contributed by atoms with Crippen molar-refractivity contribution in [2.45, 2.75) is 25.7 Å². The standard InChI is InChI=1S/C17H19F3N2O3/c1-12(21-16(23)22(2)10-15-4-3-9-24-15)13-5-7-14(8-6-13)25-11-17(18,19)20/h3-9,12H,10-11H2,1-2H3,(H,21,23). The van der Waals surface area contributed by atoms with Crippen molar-refractivity contribution in [3.8, 4) is 5.75 Å². The number of carbonyl (C=O) groups excluding carboxylic acids is 1. The molecule has 0 saturated heterocycles. The molecular weight excluding hydrogens is 337 g/mol. The molecule has 0 aliphatic heterocycles. The first-order valence-electron chi connectivity index (χ1n) is 7.58. The number of nitrogens with one attached hydrogen (secondary N) is 1. The Morgan fingerprint density at radius 2 is 1.96 bits per heavy atom. The number of benzene rings is 1. The summed E-state index contributed by atoms with van der Waals surface area (Å²) < 4.78 is 46.2. The van der Waals surface area contributed by atoms with E-state index in [4.69, 9.17) is 4.42 Å². The molecule has 1 unspecified atom stereocenters. The van der Waals surface area contributed by atoms with Crippen molar-refractivity contribution in [2.75, 3.05) is 13.7 Å². The first-order valence-corrected chi connectivity index (χ1v) is 7.58. The van der Waals surface area contributed by atoms with E-state index in [2.05, 4.69) is 10.1 Å². The minimum atomic E-state index is -4.38. The van der Waals surface area contributed by atoms with Crippen LogP contribution in [0, 0.1) is 0 Å². The van der Waals surface area contributed by atoms with Crippen LogP contribution >= 0.6 is 0 Å². The maximum Gasteiger partial charge on any atom is 0.422 e. The van der Waals surface area contributed by atoms with E-state index in [0.717, 1.165) is 5.56 Å². The van der Waals surface area contributed by atoms with E-state index in [9.17, 15) is 18.0 Å². The largest absolute Gasteiger partial charge is 0.484 e. The van der Waals surface area contributed by atoms with Gasteiger partial charge in [-0.05, 0) is 36.8 Å². The van der Waals surface area contributed by atoms with Crippen LogP contribution in [0.25, 0.3) is 0 Å². The molecule has 1 aromatic carbocycles. The molecule has 1 atom stereocenters. The monoisotopic (exact) mass is 356 g/mol. The molecule has 1 heterocycles. The number of ether oxygens (including phenoxy) is 1. The van der Waals surface area contributed by atoms with Crippen LogP contribution in [0.3, 0.4) is 0 Å². The highest BCUT2D eigenvalue weighted by atomic mass is 19.4. The highest BCUT2D eigenvalue weighted by molar-refractivity contribution is 5.74. The Hall–Kier alpha value is -2.64. The summed E-state index contributed by atoms with van der Waals surface area (Å²) in [7, 11) is 1.64. The number of amides is 2. The first kappa shape index (κ1) is 18.7. The second kappa shape index (κ2) is 7.96. The molecule has 1 N–H and O–H groups in total. The Balaban J connectivity index is 1.87. The van der Waals surface area contributed by atoms with Crippen LogP contribution in [0.1, 0.15) is 24.3 Å². The Morgan fingerprint density at radius 1 is 1.28 bits per heavy atom. The third kappa shape index (κ3) is 6.06. The molecule has 25 heavy (non-hydrogen) atoms. The van der Waals surface area contributed by atoms with Crippen molar-refractivity contribution in [3.63, 3.8) is 0 Å². The number of alkyl halides is 3. The van der Waals surface area contributed by atoms with E-state index in [-0.39, 0.29) is 17.8 Å². The lowest BCUT2D eigenvalue weighted by atomic mass is 10.1. The lowest BCUT2D eigenvalue weighted by Gasteiger charge is -2.21. The number of rotatable bonds is 6. The van der Waals surface area contributed by atoms with Gasteiger partial charge in [-0.15, -0.1) is 0 Å². The van der Waals surface area contributed by atoms with Gasteiger partial charge in [0.05, 0.1) is 18.8 Å². The molecule has 0 aliphatic carbocycles. The molecule has 0 saturated carbocycles. The third-order valence-electron chi connectivity index (χ3n) is 3.44. The second-order valence-corrected chi connectivity index (χ2v) is 5.58. The van der Waals surface area contributed by atoms with Crippen molar-refractivity contribution < 1.29 is 27.1 Å². The maximum absolute atomic E-state index is 12.2. The van der Waals surface area contributed by atoms with E-state index in [1.807, 2.05) is 0 Å². The van der Waals surface area contributed by atoms with E-state index in [1.165, 1.54) is 23.3 Å². The number of carbonyl (C=O) groups is 1. The van der Waals surface area contributed by atoms with E-state index in [0.29, 0.717) is 12.3 Å². The van der Waals surface area contributed by atoms with Gasteiger partial charge < -0.3 is 19.4 Å². The van der Waals surface area contributed by atoms with Gasteiger partial charge in [0.15, 0.2) is 6.61 Å². The highest BCUT2D eigenvalue weighted by Crippen LogP contribution is 2.21. The fourth-order valence-corrected chi connectivity index (χ4v) is 2.10. The molecule has 2 rings (SSSR count). The number of hydrogen-bond acceptors (Lipinski definition) is 3. The molecule has 0 bridgehead atoms. The van der Waals surface area contributed by atoms with Gasteiger partial charge in [-0.1, -0.05) is 12.1 Å². The van der Waals surface area contributed by atoms with Crippen LogP contribution in [-0.4, -0.2) is 30.8 Å². The molecule has 2 aromatic rings. The zero-order valence-electron chi connectivity index (χ0n) is 13.8. The van der Waals surface area contributed by atoms with E-state index in [1.54, 1.807) is 38.2 Å². The Kier molecular flexibility index (Phi) is 5.95. The summed E-state index contributed by atoms with van der Waals surface area (Å²) in [5.41, 5.74) is 0.749. The van der Waals surface area contributed by atoms with Crippen LogP contribution in [0.2, 0.25) is 0 Å². The number of hydrogen-bond donors (Lipinski definition) is 1. The van der Waals surface area contributed by atoms with Crippen LogP contribution in [0.4, 0.5) is 18.0 Å². The smallest absolute Gasteiger partial charge is 0.422 e. The van der Waals surface area contributed by atoms with Crippen molar-refractivity contribution in [3.05, 3.63) is 54.0 Å². The maximum atomic E-state index is 12.2. The average Bonchev–Trinajstić information content (AvgIpc) is 3.05. The lowest BCUT2D eigenvalue weighted by molar-refractivity contribution is -0.153. The lowest BCUT2D eigenvalue weighted by Crippen LogP contribution is -2.38. The van der Waals surface area contributed by atoms with E-state index < -0.39 is 12.8 Å². The summed E-state index contributed by atoms with van der Waals surface area (Å²) in [5.74, 6) is 0.783. The molecule has 5 nitrogen and oxygen atoms in total. The van der Waals surface area contributed by atoms with Gasteiger partial charge in [0, 0.05) is 7.05 Å². The molecule has 0 fully saturated rings. The van der Waals surface area contributed by atoms with Gasteiger partial charge >= 0.3 is 12.2 Å². The molecule has 0 aliphatic rings. The third-order valence-corrected chi connectivity index (χ3v) is 3.44.